The van der Waals surface area contributed by atoms with Gasteiger partial charge in [0, 0.05) is 25.7 Å². The smallest absolute Gasteiger partial charge is 0.0599 e. The fourth-order valence-electron chi connectivity index (χ4n) is 3.65. The van der Waals surface area contributed by atoms with E-state index in [1.807, 2.05) is 0 Å². The highest BCUT2D eigenvalue weighted by atomic mass is 16.5. The number of rotatable bonds is 6. The molecule has 2 rings (SSSR count). The van der Waals surface area contributed by atoms with E-state index in [9.17, 15) is 0 Å². The maximum Gasteiger partial charge on any atom is 0.0599 e. The summed E-state index contributed by atoms with van der Waals surface area (Å²) in [6.45, 7) is 6.74. The molecule has 2 aliphatic rings. The first kappa shape index (κ1) is 14.3. The molecule has 1 aliphatic heterocycles. The highest BCUT2D eigenvalue weighted by Crippen LogP contribution is 2.28. The molecule has 0 amide bonds. The maximum atomic E-state index is 5.71. The van der Waals surface area contributed by atoms with Crippen molar-refractivity contribution in [3.8, 4) is 0 Å². The fraction of sp³-hybridized carbons (Fsp3) is 1.00. The average molecular weight is 254 g/mol. The molecule has 1 heterocycles. The van der Waals surface area contributed by atoms with Gasteiger partial charge >= 0.3 is 0 Å². The third-order valence-corrected chi connectivity index (χ3v) is 4.78. The first-order valence-electron chi connectivity index (χ1n) is 7.84. The van der Waals surface area contributed by atoms with Gasteiger partial charge < -0.3 is 15.0 Å². The Hall–Kier alpha value is -0.120. The van der Waals surface area contributed by atoms with Crippen molar-refractivity contribution in [2.24, 2.45) is 5.92 Å². The number of hydrogen-bond donors (Lipinski definition) is 1. The highest BCUT2D eigenvalue weighted by molar-refractivity contribution is 4.83. The summed E-state index contributed by atoms with van der Waals surface area (Å²) in [7, 11) is 2.12. The number of hydrogen-bond acceptors (Lipinski definition) is 3. The molecular weight excluding hydrogens is 224 g/mol. The first-order chi connectivity index (χ1) is 8.83. The number of piperidine rings is 1. The Morgan fingerprint density at radius 3 is 2.61 bits per heavy atom. The third-order valence-electron chi connectivity index (χ3n) is 4.78. The standard InChI is InChI=1S/C15H30N2O/c1-3-18-14-8-11-17(12-9-14)10-7-13-5-4-6-15(13)16-2/h13-16H,3-12H2,1-2H3. The van der Waals surface area contributed by atoms with Crippen molar-refractivity contribution >= 4 is 0 Å². The van der Waals surface area contributed by atoms with E-state index >= 15 is 0 Å². The van der Waals surface area contributed by atoms with Crippen LogP contribution in [0.2, 0.25) is 0 Å². The summed E-state index contributed by atoms with van der Waals surface area (Å²) in [5.74, 6) is 0.916. The van der Waals surface area contributed by atoms with Crippen molar-refractivity contribution in [2.45, 2.75) is 57.6 Å². The lowest BCUT2D eigenvalue weighted by molar-refractivity contribution is 0.0131. The van der Waals surface area contributed by atoms with E-state index < -0.39 is 0 Å². The molecule has 2 atom stereocenters. The molecule has 3 nitrogen and oxygen atoms in total. The number of ether oxygens (including phenoxy) is 1. The molecule has 1 N–H and O–H groups in total. The van der Waals surface area contributed by atoms with Crippen LogP contribution in [0.1, 0.15) is 45.4 Å². The molecule has 0 bridgehead atoms. The molecule has 0 aromatic rings. The summed E-state index contributed by atoms with van der Waals surface area (Å²) in [5, 5.41) is 3.49. The molecule has 2 unspecified atom stereocenters. The number of likely N-dealkylation sites (tertiary alicyclic amines) is 1. The van der Waals surface area contributed by atoms with E-state index in [0.29, 0.717) is 6.10 Å². The summed E-state index contributed by atoms with van der Waals surface area (Å²) in [5.41, 5.74) is 0. The van der Waals surface area contributed by atoms with Crippen molar-refractivity contribution < 1.29 is 4.74 Å². The molecule has 0 spiro atoms. The molecule has 1 saturated heterocycles. The van der Waals surface area contributed by atoms with Gasteiger partial charge in [-0.05, 0) is 58.5 Å². The molecule has 0 aromatic heterocycles. The topological polar surface area (TPSA) is 24.5 Å². The zero-order valence-electron chi connectivity index (χ0n) is 12.2. The Kier molecular flexibility index (Phi) is 5.93. The van der Waals surface area contributed by atoms with Crippen LogP contribution >= 0.6 is 0 Å². The second-order valence-corrected chi connectivity index (χ2v) is 5.87. The molecule has 1 saturated carbocycles. The van der Waals surface area contributed by atoms with Gasteiger partial charge in [0.2, 0.25) is 0 Å². The molecule has 18 heavy (non-hydrogen) atoms. The predicted molar refractivity (Wildman–Crippen MR) is 75.9 cm³/mol. The van der Waals surface area contributed by atoms with Gasteiger partial charge in [-0.15, -0.1) is 0 Å². The minimum Gasteiger partial charge on any atom is -0.378 e. The monoisotopic (exact) mass is 254 g/mol. The Labute approximate surface area is 112 Å². The third kappa shape index (κ3) is 3.94. The van der Waals surface area contributed by atoms with E-state index in [0.717, 1.165) is 18.6 Å². The van der Waals surface area contributed by atoms with Crippen molar-refractivity contribution in [1.82, 2.24) is 10.2 Å². The minimum atomic E-state index is 0.530. The van der Waals surface area contributed by atoms with Crippen LogP contribution in [0.25, 0.3) is 0 Å². The quantitative estimate of drug-likeness (QED) is 0.787. The molecule has 2 fully saturated rings. The van der Waals surface area contributed by atoms with Gasteiger partial charge in [-0.1, -0.05) is 6.42 Å². The lowest BCUT2D eigenvalue weighted by atomic mass is 9.98. The molecule has 0 radical (unpaired) electrons. The van der Waals surface area contributed by atoms with Gasteiger partial charge in [-0.3, -0.25) is 0 Å². The summed E-state index contributed by atoms with van der Waals surface area (Å²) < 4.78 is 5.71. The van der Waals surface area contributed by atoms with Gasteiger partial charge in [0.1, 0.15) is 0 Å². The van der Waals surface area contributed by atoms with Gasteiger partial charge in [0.05, 0.1) is 6.10 Å². The lowest BCUT2D eigenvalue weighted by Crippen LogP contribution is -2.39. The summed E-state index contributed by atoms with van der Waals surface area (Å²) in [6, 6.07) is 0.783. The van der Waals surface area contributed by atoms with Crippen LogP contribution in [0.4, 0.5) is 0 Å². The Balaban J connectivity index is 1.63. The van der Waals surface area contributed by atoms with E-state index in [2.05, 4.69) is 24.2 Å². The molecular formula is C15H30N2O. The van der Waals surface area contributed by atoms with Crippen LogP contribution in [-0.2, 0) is 4.74 Å². The Morgan fingerprint density at radius 2 is 1.94 bits per heavy atom. The summed E-state index contributed by atoms with van der Waals surface area (Å²) in [4.78, 5) is 2.64. The first-order valence-corrected chi connectivity index (χ1v) is 7.84. The highest BCUT2D eigenvalue weighted by Gasteiger charge is 2.26. The van der Waals surface area contributed by atoms with Crippen molar-refractivity contribution in [2.75, 3.05) is 33.3 Å². The van der Waals surface area contributed by atoms with Gasteiger partial charge in [0.15, 0.2) is 0 Å². The van der Waals surface area contributed by atoms with Crippen molar-refractivity contribution in [1.29, 1.82) is 0 Å². The Bertz CT molecular complexity index is 227. The van der Waals surface area contributed by atoms with Crippen LogP contribution in [0.3, 0.4) is 0 Å². The van der Waals surface area contributed by atoms with Gasteiger partial charge in [-0.2, -0.15) is 0 Å². The summed E-state index contributed by atoms with van der Waals surface area (Å²) in [6.07, 6.45) is 8.60. The van der Waals surface area contributed by atoms with Crippen LogP contribution in [-0.4, -0.2) is 50.3 Å². The van der Waals surface area contributed by atoms with E-state index in [4.69, 9.17) is 4.74 Å². The average Bonchev–Trinajstić information content (AvgIpc) is 2.86. The largest absolute Gasteiger partial charge is 0.378 e. The normalized spacial score (nSPS) is 31.0. The van der Waals surface area contributed by atoms with Crippen LogP contribution in [0.5, 0.6) is 0 Å². The molecule has 0 aromatic carbocycles. The fourth-order valence-corrected chi connectivity index (χ4v) is 3.65. The lowest BCUT2D eigenvalue weighted by Gasteiger charge is -2.32. The van der Waals surface area contributed by atoms with Crippen LogP contribution in [0, 0.1) is 5.92 Å². The molecule has 106 valence electrons. The van der Waals surface area contributed by atoms with Crippen LogP contribution < -0.4 is 5.32 Å². The zero-order valence-corrected chi connectivity index (χ0v) is 12.2. The minimum absolute atomic E-state index is 0.530. The van der Waals surface area contributed by atoms with E-state index in [1.54, 1.807) is 0 Å². The van der Waals surface area contributed by atoms with Crippen molar-refractivity contribution in [3.05, 3.63) is 0 Å². The van der Waals surface area contributed by atoms with Crippen LogP contribution in [0.15, 0.2) is 0 Å². The second-order valence-electron chi connectivity index (χ2n) is 5.87. The second kappa shape index (κ2) is 7.46. The van der Waals surface area contributed by atoms with Gasteiger partial charge in [0.25, 0.3) is 0 Å². The Morgan fingerprint density at radius 1 is 1.17 bits per heavy atom. The predicted octanol–water partition coefficient (Wildman–Crippen LogP) is 2.27. The number of nitrogens with one attached hydrogen (secondary N) is 1. The summed E-state index contributed by atoms with van der Waals surface area (Å²) >= 11 is 0. The van der Waals surface area contributed by atoms with E-state index in [-0.39, 0.29) is 0 Å². The molecule has 3 heteroatoms. The maximum absolute atomic E-state index is 5.71. The number of nitrogens with zero attached hydrogens (tertiary/aromatic N) is 1. The zero-order chi connectivity index (χ0) is 12.8. The van der Waals surface area contributed by atoms with Gasteiger partial charge in [-0.25, -0.2) is 0 Å². The SMILES string of the molecule is CCOC1CCN(CCC2CCCC2NC)CC1. The van der Waals surface area contributed by atoms with E-state index in [1.165, 1.54) is 58.2 Å². The molecule has 1 aliphatic carbocycles. The van der Waals surface area contributed by atoms with Crippen molar-refractivity contribution in [3.63, 3.8) is 0 Å².